The molecule has 18 heavy (non-hydrogen) atoms. The summed E-state index contributed by atoms with van der Waals surface area (Å²) in [5.74, 6) is 1.03. The van der Waals surface area contributed by atoms with Gasteiger partial charge in [-0.1, -0.05) is 18.2 Å². The van der Waals surface area contributed by atoms with E-state index in [1.54, 1.807) is 7.11 Å². The van der Waals surface area contributed by atoms with Gasteiger partial charge in [-0.3, -0.25) is 0 Å². The van der Waals surface area contributed by atoms with Crippen molar-refractivity contribution in [2.45, 2.75) is 44.8 Å². The molecule has 0 bridgehead atoms. The molecule has 0 saturated heterocycles. The van der Waals surface area contributed by atoms with E-state index in [2.05, 4.69) is 25.1 Å². The van der Waals surface area contributed by atoms with Gasteiger partial charge in [-0.05, 0) is 38.2 Å². The highest BCUT2D eigenvalue weighted by Gasteiger charge is 2.18. The molecule has 1 aliphatic heterocycles. The van der Waals surface area contributed by atoms with Gasteiger partial charge in [-0.15, -0.1) is 0 Å². The van der Waals surface area contributed by atoms with Gasteiger partial charge in [0.05, 0.1) is 12.7 Å². The predicted octanol–water partition coefficient (Wildman–Crippen LogP) is 2.83. The lowest BCUT2D eigenvalue weighted by molar-refractivity contribution is 0.107. The fraction of sp³-hybridized carbons (Fsp3) is 0.600. The van der Waals surface area contributed by atoms with E-state index in [1.165, 1.54) is 5.56 Å². The van der Waals surface area contributed by atoms with Gasteiger partial charge in [0.2, 0.25) is 0 Å². The average Bonchev–Trinajstić information content (AvgIpc) is 2.43. The first-order valence-corrected chi connectivity index (χ1v) is 6.75. The van der Waals surface area contributed by atoms with Gasteiger partial charge in [-0.25, -0.2) is 0 Å². The minimum Gasteiger partial charge on any atom is -0.493 e. The zero-order valence-electron chi connectivity index (χ0n) is 11.3. The van der Waals surface area contributed by atoms with Crippen LogP contribution in [0.3, 0.4) is 0 Å². The summed E-state index contributed by atoms with van der Waals surface area (Å²) in [6, 6.07) is 6.35. The van der Waals surface area contributed by atoms with Crippen LogP contribution in [0.2, 0.25) is 0 Å². The topological polar surface area (TPSA) is 44.5 Å². The van der Waals surface area contributed by atoms with Gasteiger partial charge >= 0.3 is 0 Å². The van der Waals surface area contributed by atoms with Crippen molar-refractivity contribution in [2.75, 3.05) is 13.7 Å². The standard InChI is InChI=1S/C15H23NO2/c1-11(17-2)8-9-14(16)13-7-3-5-12-6-4-10-18-15(12)13/h3,5,7,11,14H,4,6,8-10,16H2,1-2H3. The van der Waals surface area contributed by atoms with Crippen molar-refractivity contribution in [2.24, 2.45) is 5.73 Å². The molecule has 100 valence electrons. The van der Waals surface area contributed by atoms with Crippen molar-refractivity contribution in [3.05, 3.63) is 29.3 Å². The highest BCUT2D eigenvalue weighted by molar-refractivity contribution is 5.44. The molecular weight excluding hydrogens is 226 g/mol. The highest BCUT2D eigenvalue weighted by atomic mass is 16.5. The molecule has 0 amide bonds. The van der Waals surface area contributed by atoms with Crippen LogP contribution >= 0.6 is 0 Å². The van der Waals surface area contributed by atoms with Crippen LogP contribution in [0.15, 0.2) is 18.2 Å². The lowest BCUT2D eigenvalue weighted by Gasteiger charge is -2.23. The maximum Gasteiger partial charge on any atom is 0.127 e. The Bertz CT molecular complexity index is 392. The Balaban J connectivity index is 2.08. The van der Waals surface area contributed by atoms with Crippen molar-refractivity contribution in [1.29, 1.82) is 0 Å². The maximum absolute atomic E-state index is 6.29. The number of rotatable bonds is 5. The SMILES string of the molecule is COC(C)CCC(N)c1cccc2c1OCCC2. The number of methoxy groups -OCH3 is 1. The highest BCUT2D eigenvalue weighted by Crippen LogP contribution is 2.33. The van der Waals surface area contributed by atoms with Crippen LogP contribution in [0.25, 0.3) is 0 Å². The summed E-state index contributed by atoms with van der Waals surface area (Å²) in [5.41, 5.74) is 8.74. The minimum absolute atomic E-state index is 0.0376. The number of ether oxygens (including phenoxy) is 2. The molecule has 3 heteroatoms. The third-order valence-electron chi connectivity index (χ3n) is 3.65. The number of fused-ring (bicyclic) bond motifs is 1. The van der Waals surface area contributed by atoms with E-state index >= 15 is 0 Å². The first kappa shape index (κ1) is 13.4. The summed E-state index contributed by atoms with van der Waals surface area (Å²) in [7, 11) is 1.74. The molecular formula is C15H23NO2. The summed E-state index contributed by atoms with van der Waals surface area (Å²) >= 11 is 0. The fourth-order valence-electron chi connectivity index (χ4n) is 2.39. The van der Waals surface area contributed by atoms with Crippen molar-refractivity contribution in [3.8, 4) is 5.75 Å². The summed E-state index contributed by atoms with van der Waals surface area (Å²) in [4.78, 5) is 0. The van der Waals surface area contributed by atoms with E-state index in [1.807, 2.05) is 0 Å². The number of para-hydroxylation sites is 1. The smallest absolute Gasteiger partial charge is 0.127 e. The molecule has 2 N–H and O–H groups in total. The lowest BCUT2D eigenvalue weighted by Crippen LogP contribution is -2.18. The van der Waals surface area contributed by atoms with Gasteiger partial charge in [0, 0.05) is 18.7 Å². The second-order valence-electron chi connectivity index (χ2n) is 5.02. The van der Waals surface area contributed by atoms with E-state index < -0.39 is 0 Å². The normalized spacial score (nSPS) is 17.7. The zero-order chi connectivity index (χ0) is 13.0. The van der Waals surface area contributed by atoms with Gasteiger partial charge in [0.15, 0.2) is 0 Å². The van der Waals surface area contributed by atoms with Crippen LogP contribution in [0.4, 0.5) is 0 Å². The first-order valence-electron chi connectivity index (χ1n) is 6.75. The number of benzene rings is 1. The van der Waals surface area contributed by atoms with Crippen molar-refractivity contribution in [3.63, 3.8) is 0 Å². The summed E-state index contributed by atoms with van der Waals surface area (Å²) in [5, 5.41) is 0. The molecule has 0 aromatic heterocycles. The second kappa shape index (κ2) is 6.21. The van der Waals surface area contributed by atoms with Gasteiger partial charge in [0.1, 0.15) is 5.75 Å². The number of hydrogen-bond donors (Lipinski definition) is 1. The average molecular weight is 249 g/mol. The van der Waals surface area contributed by atoms with E-state index in [9.17, 15) is 0 Å². The number of aryl methyl sites for hydroxylation is 1. The molecule has 1 aromatic rings. The Morgan fingerprint density at radius 1 is 1.39 bits per heavy atom. The van der Waals surface area contributed by atoms with Crippen molar-refractivity contribution in [1.82, 2.24) is 0 Å². The summed E-state index contributed by atoms with van der Waals surface area (Å²) in [6.45, 7) is 2.88. The van der Waals surface area contributed by atoms with Crippen LogP contribution in [0, 0.1) is 0 Å². The third-order valence-corrected chi connectivity index (χ3v) is 3.65. The molecule has 1 aromatic carbocycles. The first-order chi connectivity index (χ1) is 8.72. The van der Waals surface area contributed by atoms with Gasteiger partial charge in [-0.2, -0.15) is 0 Å². The quantitative estimate of drug-likeness (QED) is 0.872. The largest absolute Gasteiger partial charge is 0.493 e. The molecule has 1 aliphatic rings. The molecule has 0 fully saturated rings. The van der Waals surface area contributed by atoms with E-state index in [-0.39, 0.29) is 12.1 Å². The molecule has 0 aliphatic carbocycles. The monoisotopic (exact) mass is 249 g/mol. The molecule has 2 unspecified atom stereocenters. The Hall–Kier alpha value is -1.06. The van der Waals surface area contributed by atoms with Crippen molar-refractivity contribution >= 4 is 0 Å². The summed E-state index contributed by atoms with van der Waals surface area (Å²) in [6.07, 6.45) is 4.36. The van der Waals surface area contributed by atoms with E-state index in [0.717, 1.165) is 43.6 Å². The van der Waals surface area contributed by atoms with E-state index in [0.29, 0.717) is 0 Å². The number of nitrogens with two attached hydrogens (primary N) is 1. The second-order valence-corrected chi connectivity index (χ2v) is 5.02. The molecule has 1 heterocycles. The molecule has 0 radical (unpaired) electrons. The number of hydrogen-bond acceptors (Lipinski definition) is 3. The predicted molar refractivity (Wildman–Crippen MR) is 72.9 cm³/mol. The minimum atomic E-state index is 0.0376. The molecule has 2 atom stereocenters. The van der Waals surface area contributed by atoms with Gasteiger partial charge in [0.25, 0.3) is 0 Å². The van der Waals surface area contributed by atoms with Crippen LogP contribution in [-0.2, 0) is 11.2 Å². The van der Waals surface area contributed by atoms with E-state index in [4.69, 9.17) is 15.2 Å². The lowest BCUT2D eigenvalue weighted by atomic mass is 9.95. The third kappa shape index (κ3) is 3.03. The van der Waals surface area contributed by atoms with Crippen LogP contribution in [0.1, 0.15) is 43.4 Å². The Labute approximate surface area is 109 Å². The van der Waals surface area contributed by atoms with Crippen LogP contribution in [-0.4, -0.2) is 19.8 Å². The molecule has 0 spiro atoms. The van der Waals surface area contributed by atoms with Crippen molar-refractivity contribution < 1.29 is 9.47 Å². The van der Waals surface area contributed by atoms with Gasteiger partial charge < -0.3 is 15.2 Å². The van der Waals surface area contributed by atoms with Crippen LogP contribution < -0.4 is 10.5 Å². The maximum atomic E-state index is 6.29. The zero-order valence-corrected chi connectivity index (χ0v) is 11.3. The fourth-order valence-corrected chi connectivity index (χ4v) is 2.39. The molecule has 0 saturated carbocycles. The molecule has 2 rings (SSSR count). The summed E-state index contributed by atoms with van der Waals surface area (Å²) < 4.78 is 11.1. The van der Waals surface area contributed by atoms with Crippen LogP contribution in [0.5, 0.6) is 5.75 Å². The molecule has 3 nitrogen and oxygen atoms in total. The Morgan fingerprint density at radius 2 is 2.22 bits per heavy atom. The Kier molecular flexibility index (Phi) is 4.61. The Morgan fingerprint density at radius 3 is 3.00 bits per heavy atom.